The van der Waals surface area contributed by atoms with Crippen molar-refractivity contribution in [2.24, 2.45) is 11.7 Å². The van der Waals surface area contributed by atoms with Crippen LogP contribution in [0.5, 0.6) is 0 Å². The van der Waals surface area contributed by atoms with Gasteiger partial charge in [0, 0.05) is 12.1 Å². The Morgan fingerprint density at radius 2 is 2.11 bits per heavy atom. The second-order valence-electron chi connectivity index (χ2n) is 5.63. The molecule has 2 atom stereocenters. The average Bonchev–Trinajstić information content (AvgIpc) is 2.56. The molecule has 0 heterocycles. The van der Waals surface area contributed by atoms with Gasteiger partial charge < -0.3 is 11.1 Å². The molecule has 2 rings (SSSR count). The Labute approximate surface area is 109 Å². The van der Waals surface area contributed by atoms with Crippen LogP contribution in [-0.2, 0) is 0 Å². The minimum Gasteiger partial charge on any atom is -0.376 e. The van der Waals surface area contributed by atoms with Crippen LogP contribution in [0.1, 0.15) is 39.0 Å². The van der Waals surface area contributed by atoms with Crippen molar-refractivity contribution < 1.29 is 4.39 Å². The first-order valence-electron chi connectivity index (χ1n) is 6.88. The highest BCUT2D eigenvalue weighted by molar-refractivity contribution is 5.47. The van der Waals surface area contributed by atoms with Gasteiger partial charge in [-0.3, -0.25) is 0 Å². The first kappa shape index (κ1) is 13.3. The van der Waals surface area contributed by atoms with Gasteiger partial charge in [-0.2, -0.15) is 0 Å². The summed E-state index contributed by atoms with van der Waals surface area (Å²) in [6, 6.07) is 6.85. The van der Waals surface area contributed by atoms with Crippen molar-refractivity contribution in [3.05, 3.63) is 30.1 Å². The number of hydrogen-bond acceptors (Lipinski definition) is 2. The summed E-state index contributed by atoms with van der Waals surface area (Å²) in [5, 5.41) is 3.37. The van der Waals surface area contributed by atoms with Crippen molar-refractivity contribution in [1.29, 1.82) is 0 Å². The minimum atomic E-state index is -0.192. The molecule has 0 saturated heterocycles. The molecule has 0 aliphatic heterocycles. The maximum Gasteiger partial charge on any atom is 0.146 e. The third-order valence-corrected chi connectivity index (χ3v) is 4.13. The van der Waals surface area contributed by atoms with Crippen LogP contribution in [0.25, 0.3) is 0 Å². The van der Waals surface area contributed by atoms with Gasteiger partial charge in [0.1, 0.15) is 5.82 Å². The van der Waals surface area contributed by atoms with E-state index in [1.54, 1.807) is 12.1 Å². The van der Waals surface area contributed by atoms with E-state index < -0.39 is 0 Å². The summed E-state index contributed by atoms with van der Waals surface area (Å²) in [5.74, 6) is 0.559. The van der Waals surface area contributed by atoms with E-state index in [2.05, 4.69) is 12.2 Å². The van der Waals surface area contributed by atoms with Crippen LogP contribution in [0.3, 0.4) is 0 Å². The van der Waals surface area contributed by atoms with Crippen LogP contribution in [0.4, 0.5) is 10.1 Å². The van der Waals surface area contributed by atoms with Crippen LogP contribution >= 0.6 is 0 Å². The number of hydrogen-bond donors (Lipinski definition) is 2. The van der Waals surface area contributed by atoms with E-state index in [4.69, 9.17) is 5.73 Å². The van der Waals surface area contributed by atoms with Crippen molar-refractivity contribution in [3.8, 4) is 0 Å². The van der Waals surface area contributed by atoms with Gasteiger partial charge in [0.25, 0.3) is 0 Å². The number of nitrogens with one attached hydrogen (secondary N) is 1. The number of rotatable bonds is 3. The molecule has 2 unspecified atom stereocenters. The second kappa shape index (κ2) is 5.70. The van der Waals surface area contributed by atoms with E-state index in [1.807, 2.05) is 6.07 Å². The Balaban J connectivity index is 2.15. The summed E-state index contributed by atoms with van der Waals surface area (Å²) in [7, 11) is 0. The summed E-state index contributed by atoms with van der Waals surface area (Å²) in [6.45, 7) is 2.85. The topological polar surface area (TPSA) is 38.0 Å². The Hall–Kier alpha value is -1.09. The van der Waals surface area contributed by atoms with E-state index in [0.29, 0.717) is 12.2 Å². The van der Waals surface area contributed by atoms with Crippen LogP contribution in [0.15, 0.2) is 24.3 Å². The highest BCUT2D eigenvalue weighted by Crippen LogP contribution is 2.33. The fourth-order valence-electron chi connectivity index (χ4n) is 2.81. The molecule has 1 aromatic carbocycles. The molecule has 0 bridgehead atoms. The number of anilines is 1. The van der Waals surface area contributed by atoms with Crippen LogP contribution < -0.4 is 11.1 Å². The molecule has 2 nitrogen and oxygen atoms in total. The molecule has 0 radical (unpaired) electrons. The molecule has 100 valence electrons. The lowest BCUT2D eigenvalue weighted by molar-refractivity contribution is 0.406. The van der Waals surface area contributed by atoms with Crippen molar-refractivity contribution in [3.63, 3.8) is 0 Å². The largest absolute Gasteiger partial charge is 0.376 e. The van der Waals surface area contributed by atoms with Crippen LogP contribution in [0, 0.1) is 11.7 Å². The second-order valence-corrected chi connectivity index (χ2v) is 5.63. The fourth-order valence-corrected chi connectivity index (χ4v) is 2.81. The first-order chi connectivity index (χ1) is 8.65. The molecular formula is C15H23FN2. The van der Waals surface area contributed by atoms with E-state index in [0.717, 1.165) is 18.8 Å². The zero-order valence-corrected chi connectivity index (χ0v) is 11.1. The molecule has 0 spiro atoms. The zero-order chi connectivity index (χ0) is 13.0. The van der Waals surface area contributed by atoms with Gasteiger partial charge in [-0.15, -0.1) is 0 Å². The quantitative estimate of drug-likeness (QED) is 0.805. The highest BCUT2D eigenvalue weighted by atomic mass is 19.1. The van der Waals surface area contributed by atoms with Gasteiger partial charge in [0.05, 0.1) is 5.69 Å². The SMILES string of the molecule is CC1CCCC(CN)(Nc2ccccc2F)CC1. The minimum absolute atomic E-state index is 0.132. The number of halogens is 1. The number of benzene rings is 1. The van der Waals surface area contributed by atoms with Crippen molar-refractivity contribution in [2.75, 3.05) is 11.9 Å². The van der Waals surface area contributed by atoms with Gasteiger partial charge in [0.15, 0.2) is 0 Å². The summed E-state index contributed by atoms with van der Waals surface area (Å²) >= 11 is 0. The zero-order valence-electron chi connectivity index (χ0n) is 11.1. The van der Waals surface area contributed by atoms with E-state index in [1.165, 1.54) is 25.3 Å². The van der Waals surface area contributed by atoms with Gasteiger partial charge in [-0.25, -0.2) is 4.39 Å². The Kier molecular flexibility index (Phi) is 4.23. The van der Waals surface area contributed by atoms with Gasteiger partial charge in [-0.1, -0.05) is 31.9 Å². The van der Waals surface area contributed by atoms with Crippen LogP contribution in [-0.4, -0.2) is 12.1 Å². The summed E-state index contributed by atoms with van der Waals surface area (Å²) in [5.41, 5.74) is 6.42. The predicted molar refractivity (Wildman–Crippen MR) is 74.1 cm³/mol. The smallest absolute Gasteiger partial charge is 0.146 e. The molecule has 3 heteroatoms. The van der Waals surface area contributed by atoms with E-state index in [-0.39, 0.29) is 11.4 Å². The van der Waals surface area contributed by atoms with Crippen LogP contribution in [0.2, 0.25) is 0 Å². The molecular weight excluding hydrogens is 227 g/mol. The lowest BCUT2D eigenvalue weighted by Crippen LogP contribution is -2.45. The normalized spacial score (nSPS) is 28.7. The third kappa shape index (κ3) is 3.02. The molecule has 1 aromatic rings. The maximum absolute atomic E-state index is 13.7. The Morgan fingerprint density at radius 1 is 1.33 bits per heavy atom. The number of nitrogens with two attached hydrogens (primary N) is 1. The molecule has 1 aliphatic carbocycles. The monoisotopic (exact) mass is 250 g/mol. The molecule has 18 heavy (non-hydrogen) atoms. The lowest BCUT2D eigenvalue weighted by Gasteiger charge is -2.34. The molecule has 3 N–H and O–H groups in total. The van der Waals surface area contributed by atoms with Gasteiger partial charge in [0.2, 0.25) is 0 Å². The molecule has 1 aliphatic rings. The standard InChI is InChI=1S/C15H23FN2/c1-12-5-4-9-15(11-17,10-8-12)18-14-7-3-2-6-13(14)16/h2-3,6-7,12,18H,4-5,8-11,17H2,1H3. The summed E-state index contributed by atoms with van der Waals surface area (Å²) in [4.78, 5) is 0. The van der Waals surface area contributed by atoms with Crippen molar-refractivity contribution >= 4 is 5.69 Å². The average molecular weight is 250 g/mol. The summed E-state index contributed by atoms with van der Waals surface area (Å²) in [6.07, 6.45) is 5.64. The van der Waals surface area contributed by atoms with E-state index >= 15 is 0 Å². The Bertz CT molecular complexity index is 394. The van der Waals surface area contributed by atoms with Crippen molar-refractivity contribution in [2.45, 2.75) is 44.6 Å². The first-order valence-corrected chi connectivity index (χ1v) is 6.88. The lowest BCUT2D eigenvalue weighted by atomic mass is 9.89. The molecule has 1 fully saturated rings. The Morgan fingerprint density at radius 3 is 2.83 bits per heavy atom. The third-order valence-electron chi connectivity index (χ3n) is 4.13. The van der Waals surface area contributed by atoms with E-state index in [9.17, 15) is 4.39 Å². The molecule has 0 amide bonds. The molecule has 0 aromatic heterocycles. The summed E-state index contributed by atoms with van der Waals surface area (Å²) < 4.78 is 13.7. The fraction of sp³-hybridized carbons (Fsp3) is 0.600. The van der Waals surface area contributed by atoms with Gasteiger partial charge in [-0.05, 0) is 37.3 Å². The molecule has 1 saturated carbocycles. The predicted octanol–water partition coefficient (Wildman–Crippen LogP) is 3.54. The highest BCUT2D eigenvalue weighted by Gasteiger charge is 2.31. The van der Waals surface area contributed by atoms with Gasteiger partial charge >= 0.3 is 0 Å². The number of para-hydroxylation sites is 1. The van der Waals surface area contributed by atoms with Crippen molar-refractivity contribution in [1.82, 2.24) is 0 Å². The maximum atomic E-state index is 13.7.